The number of rotatable bonds is 19. The van der Waals surface area contributed by atoms with Gasteiger partial charge in [0.15, 0.2) is 0 Å². The minimum absolute atomic E-state index is 0.293. The van der Waals surface area contributed by atoms with E-state index in [1.807, 2.05) is 24.3 Å². The summed E-state index contributed by atoms with van der Waals surface area (Å²) in [5.41, 5.74) is 1.22. The number of ether oxygens (including phenoxy) is 2. The number of benzene rings is 2. The van der Waals surface area contributed by atoms with Gasteiger partial charge in [0.1, 0.15) is 13.2 Å². The monoisotopic (exact) mass is 1240 g/mol. The molecule has 228 valence electrons. The van der Waals surface area contributed by atoms with E-state index in [0.717, 1.165) is 34.4 Å². The molecule has 0 atom stereocenters. The van der Waals surface area contributed by atoms with Crippen molar-refractivity contribution >= 4 is 147 Å². The first-order chi connectivity index (χ1) is 19.6. The number of nitrogens with zero attached hydrogens (tertiary/aromatic N) is 1. The zero-order valence-electron chi connectivity index (χ0n) is 23.3. The molecule has 0 spiro atoms. The van der Waals surface area contributed by atoms with Gasteiger partial charge in [-0.1, -0.05) is 64.7 Å². The maximum absolute atomic E-state index is 12.8. The van der Waals surface area contributed by atoms with Crippen molar-refractivity contribution in [1.29, 1.82) is 0 Å². The third-order valence-corrected chi connectivity index (χ3v) is 13.9. The molecule has 2 aromatic rings. The summed E-state index contributed by atoms with van der Waals surface area (Å²) >= 11 is 13.4. The molecule has 0 N–H and O–H groups in total. The maximum Gasteiger partial charge on any atom is 0.339 e. The van der Waals surface area contributed by atoms with Gasteiger partial charge in [-0.25, -0.2) is 9.59 Å². The molecular weight excluding hydrogens is 1200 g/mol. The number of halogens is 6. The van der Waals surface area contributed by atoms with Crippen molar-refractivity contribution in [3.8, 4) is 0 Å². The van der Waals surface area contributed by atoms with Gasteiger partial charge in [0.05, 0.1) is 11.1 Å². The first-order valence-electron chi connectivity index (χ1n) is 14.0. The second kappa shape index (κ2) is 22.3. The standard InChI is InChI=1S/C30H37I6NO4/c1-2-3-4-5-6-7-8-9-10-11-12-37(13-15-40-29(38)23-17-21(31)19-25(33)27(23)35)14-16-41-30(39)24-18-22(32)20-26(34)28(24)36/h17-20H,2-16H2,1H3. The Morgan fingerprint density at radius 2 is 0.976 bits per heavy atom. The summed E-state index contributed by atoms with van der Waals surface area (Å²) < 4.78 is 17.3. The lowest BCUT2D eigenvalue weighted by Gasteiger charge is -2.22. The van der Waals surface area contributed by atoms with Crippen LogP contribution in [-0.2, 0) is 9.47 Å². The highest BCUT2D eigenvalue weighted by atomic mass is 127. The smallest absolute Gasteiger partial charge is 0.339 e. The summed E-state index contributed by atoms with van der Waals surface area (Å²) in [6.45, 7) is 4.97. The molecule has 0 aliphatic heterocycles. The Balaban J connectivity index is 1.86. The Morgan fingerprint density at radius 1 is 0.585 bits per heavy atom. The van der Waals surface area contributed by atoms with Crippen LogP contribution in [0.4, 0.5) is 0 Å². The van der Waals surface area contributed by atoms with Crippen LogP contribution in [0.3, 0.4) is 0 Å². The van der Waals surface area contributed by atoms with Crippen LogP contribution in [0, 0.1) is 21.4 Å². The van der Waals surface area contributed by atoms with Gasteiger partial charge in [-0.3, -0.25) is 4.90 Å². The number of unbranched alkanes of at least 4 members (excludes halogenated alkanes) is 9. The van der Waals surface area contributed by atoms with E-state index in [2.05, 4.69) is 147 Å². The first-order valence-corrected chi connectivity index (χ1v) is 20.5. The van der Waals surface area contributed by atoms with Crippen molar-refractivity contribution in [3.63, 3.8) is 0 Å². The molecule has 0 aliphatic rings. The van der Waals surface area contributed by atoms with E-state index in [4.69, 9.17) is 9.47 Å². The van der Waals surface area contributed by atoms with Crippen molar-refractivity contribution in [3.05, 3.63) is 56.8 Å². The second-order valence-corrected chi connectivity index (χ2v) is 16.8. The normalized spacial score (nSPS) is 11.2. The molecule has 41 heavy (non-hydrogen) atoms. The average molecular weight is 1240 g/mol. The highest BCUT2D eigenvalue weighted by Gasteiger charge is 2.18. The largest absolute Gasteiger partial charge is 0.461 e. The van der Waals surface area contributed by atoms with E-state index >= 15 is 0 Å². The zero-order valence-corrected chi connectivity index (χ0v) is 36.2. The first kappa shape index (κ1) is 38.9. The Kier molecular flexibility index (Phi) is 21.1. The van der Waals surface area contributed by atoms with Crippen molar-refractivity contribution < 1.29 is 19.1 Å². The van der Waals surface area contributed by atoms with E-state index in [0.29, 0.717) is 37.4 Å². The SMILES string of the molecule is CCCCCCCCCCCCN(CCOC(=O)c1cc(I)cc(I)c1I)CCOC(=O)c1cc(I)cc(I)c1I. The predicted molar refractivity (Wildman–Crippen MR) is 218 cm³/mol. The Morgan fingerprint density at radius 3 is 1.39 bits per heavy atom. The molecule has 0 radical (unpaired) electrons. The van der Waals surface area contributed by atoms with E-state index in [1.165, 1.54) is 57.8 Å². The minimum Gasteiger partial charge on any atom is -0.461 e. The van der Waals surface area contributed by atoms with Crippen LogP contribution in [0.25, 0.3) is 0 Å². The number of carbonyl (C=O) groups excluding carboxylic acids is 2. The third-order valence-electron chi connectivity index (χ3n) is 6.54. The van der Waals surface area contributed by atoms with Gasteiger partial charge in [0.25, 0.3) is 0 Å². The van der Waals surface area contributed by atoms with Crippen LogP contribution in [0.5, 0.6) is 0 Å². The third kappa shape index (κ3) is 15.2. The molecule has 0 fully saturated rings. The predicted octanol–water partition coefficient (Wildman–Crippen LogP) is 10.6. The summed E-state index contributed by atoms with van der Waals surface area (Å²) in [6.07, 6.45) is 12.9. The van der Waals surface area contributed by atoms with Crippen molar-refractivity contribution in [2.24, 2.45) is 0 Å². The number of hydrogen-bond donors (Lipinski definition) is 0. The van der Waals surface area contributed by atoms with E-state index < -0.39 is 0 Å². The lowest BCUT2D eigenvalue weighted by Crippen LogP contribution is -2.33. The lowest BCUT2D eigenvalue weighted by molar-refractivity contribution is 0.0393. The van der Waals surface area contributed by atoms with Gasteiger partial charge in [-0.05, 0) is 173 Å². The fourth-order valence-electron chi connectivity index (χ4n) is 4.26. The molecule has 11 heteroatoms. The molecule has 0 amide bonds. The average Bonchev–Trinajstić information content (AvgIpc) is 2.93. The van der Waals surface area contributed by atoms with Crippen LogP contribution in [0.2, 0.25) is 0 Å². The van der Waals surface area contributed by atoms with Gasteiger partial charge in [0.2, 0.25) is 0 Å². The van der Waals surface area contributed by atoms with E-state index in [1.54, 1.807) is 0 Å². The summed E-state index contributed by atoms with van der Waals surface area (Å²) in [7, 11) is 0. The zero-order chi connectivity index (χ0) is 30.2. The molecule has 0 aromatic heterocycles. The summed E-state index contributed by atoms with van der Waals surface area (Å²) in [5, 5.41) is 0. The fourth-order valence-corrected chi connectivity index (χ4v) is 9.01. The van der Waals surface area contributed by atoms with Crippen molar-refractivity contribution in [2.75, 3.05) is 32.8 Å². The molecule has 2 rings (SSSR count). The number of carbonyl (C=O) groups is 2. The van der Waals surface area contributed by atoms with Gasteiger partial charge in [0, 0.05) is 34.5 Å². The van der Waals surface area contributed by atoms with Gasteiger partial charge in [-0.15, -0.1) is 0 Å². The van der Waals surface area contributed by atoms with Crippen LogP contribution >= 0.6 is 136 Å². The number of esters is 2. The van der Waals surface area contributed by atoms with Crippen LogP contribution in [-0.4, -0.2) is 49.7 Å². The molecule has 0 unspecified atom stereocenters. The fraction of sp³-hybridized carbons (Fsp3) is 0.533. The van der Waals surface area contributed by atoms with E-state index in [9.17, 15) is 9.59 Å². The molecule has 0 bridgehead atoms. The second-order valence-electron chi connectivity index (χ2n) is 9.79. The summed E-state index contributed by atoms with van der Waals surface area (Å²) in [5.74, 6) is -0.585. The summed E-state index contributed by atoms with van der Waals surface area (Å²) in [4.78, 5) is 27.9. The van der Waals surface area contributed by atoms with Gasteiger partial charge in [-0.2, -0.15) is 0 Å². The Labute approximate surface area is 327 Å². The highest BCUT2D eigenvalue weighted by Crippen LogP contribution is 2.24. The molecule has 0 heterocycles. The molecule has 0 saturated carbocycles. The molecule has 5 nitrogen and oxygen atoms in total. The van der Waals surface area contributed by atoms with Crippen molar-refractivity contribution in [2.45, 2.75) is 71.1 Å². The molecule has 2 aromatic carbocycles. The summed E-state index contributed by atoms with van der Waals surface area (Å²) in [6, 6.07) is 7.85. The highest BCUT2D eigenvalue weighted by molar-refractivity contribution is 14.1. The van der Waals surface area contributed by atoms with Gasteiger partial charge >= 0.3 is 11.9 Å². The van der Waals surface area contributed by atoms with Crippen LogP contribution < -0.4 is 0 Å². The number of hydrogen-bond acceptors (Lipinski definition) is 5. The maximum atomic E-state index is 12.8. The van der Waals surface area contributed by atoms with Crippen LogP contribution in [0.15, 0.2) is 24.3 Å². The molecule has 0 saturated heterocycles. The minimum atomic E-state index is -0.293. The molecular formula is C30H37I6NO4. The quantitative estimate of drug-likeness (QED) is 0.0607. The van der Waals surface area contributed by atoms with Crippen molar-refractivity contribution in [1.82, 2.24) is 4.90 Å². The van der Waals surface area contributed by atoms with Crippen LogP contribution in [0.1, 0.15) is 91.8 Å². The van der Waals surface area contributed by atoms with E-state index in [-0.39, 0.29) is 11.9 Å². The Hall–Kier alpha value is 1.72. The topological polar surface area (TPSA) is 55.8 Å². The lowest BCUT2D eigenvalue weighted by atomic mass is 10.1. The molecule has 0 aliphatic carbocycles. The Bertz CT molecular complexity index is 1060. The van der Waals surface area contributed by atoms with Gasteiger partial charge < -0.3 is 9.47 Å².